The van der Waals surface area contributed by atoms with Gasteiger partial charge in [0.1, 0.15) is 0 Å². The Morgan fingerprint density at radius 1 is 0.882 bits per heavy atom. The second-order valence-corrected chi connectivity index (χ2v) is 3.36. The molecule has 0 aliphatic rings. The van der Waals surface area contributed by atoms with Gasteiger partial charge in [0, 0.05) is 7.11 Å². The molecular weight excluding hydrogens is 243 g/mol. The Labute approximate surface area is 136 Å². The second kappa shape index (κ2) is 25.3. The third-order valence-corrected chi connectivity index (χ3v) is 1.90. The number of hydrogen-bond acceptors (Lipinski definition) is 1. The van der Waals surface area contributed by atoms with Crippen molar-refractivity contribution in [1.82, 2.24) is 0 Å². The van der Waals surface area contributed by atoms with Gasteiger partial charge in [0.15, 0.2) is 0 Å². The number of halogens is 1. The number of aliphatic hydroxyl groups is 1. The molecular formula is C14H26ClNaO. The first-order valence-corrected chi connectivity index (χ1v) is 5.77. The Morgan fingerprint density at radius 3 is 1.41 bits per heavy atom. The zero-order valence-electron chi connectivity index (χ0n) is 12.0. The van der Waals surface area contributed by atoms with E-state index >= 15 is 0 Å². The molecule has 0 fully saturated rings. The fraction of sp³-hybridized carbons (Fsp3) is 0.571. The molecule has 0 amide bonds. The SMILES string of the molecule is CCCCCC.CO.Cc1ccccc1.[Cl-].[Na+]. The first-order valence-electron chi connectivity index (χ1n) is 5.77. The summed E-state index contributed by atoms with van der Waals surface area (Å²) in [6, 6.07) is 10.3. The van der Waals surface area contributed by atoms with Crippen molar-refractivity contribution < 1.29 is 47.1 Å². The van der Waals surface area contributed by atoms with E-state index in [0.29, 0.717) is 0 Å². The number of benzene rings is 1. The maximum atomic E-state index is 7.00. The Balaban J connectivity index is -0.0000000794. The van der Waals surface area contributed by atoms with E-state index in [1.807, 2.05) is 18.2 Å². The molecule has 0 saturated carbocycles. The molecule has 0 aromatic heterocycles. The summed E-state index contributed by atoms with van der Waals surface area (Å²) in [5, 5.41) is 7.00. The number of aliphatic hydroxyl groups excluding tert-OH is 1. The van der Waals surface area contributed by atoms with Crippen molar-refractivity contribution in [2.24, 2.45) is 0 Å². The zero-order chi connectivity index (χ0) is 11.9. The summed E-state index contributed by atoms with van der Waals surface area (Å²) in [7, 11) is 1.00. The number of hydrogen-bond donors (Lipinski definition) is 1. The summed E-state index contributed by atoms with van der Waals surface area (Å²) >= 11 is 0. The first-order chi connectivity index (χ1) is 7.31. The minimum Gasteiger partial charge on any atom is -1.00 e. The van der Waals surface area contributed by atoms with Crippen LogP contribution in [0.4, 0.5) is 0 Å². The predicted octanol–water partition coefficient (Wildman–Crippen LogP) is -1.80. The summed E-state index contributed by atoms with van der Waals surface area (Å²) in [4.78, 5) is 0. The molecule has 0 atom stereocenters. The van der Waals surface area contributed by atoms with E-state index in [4.69, 9.17) is 5.11 Å². The normalized spacial score (nSPS) is 7.12. The van der Waals surface area contributed by atoms with Crippen molar-refractivity contribution in [3.8, 4) is 0 Å². The third-order valence-electron chi connectivity index (χ3n) is 1.90. The van der Waals surface area contributed by atoms with Gasteiger partial charge in [-0.3, -0.25) is 0 Å². The summed E-state index contributed by atoms with van der Waals surface area (Å²) < 4.78 is 0. The van der Waals surface area contributed by atoms with Gasteiger partial charge < -0.3 is 17.5 Å². The molecule has 3 heteroatoms. The molecule has 0 aliphatic heterocycles. The fourth-order valence-electron chi connectivity index (χ4n) is 1.03. The smallest absolute Gasteiger partial charge is 1.00 e. The van der Waals surface area contributed by atoms with Crippen molar-refractivity contribution in [3.63, 3.8) is 0 Å². The largest absolute Gasteiger partial charge is 1.00 e. The maximum absolute atomic E-state index is 7.00. The van der Waals surface area contributed by atoms with E-state index in [-0.39, 0.29) is 42.0 Å². The average molecular weight is 269 g/mol. The number of aryl methyl sites for hydroxylation is 1. The Hall–Kier alpha value is 0.470. The first kappa shape index (κ1) is 26.1. The van der Waals surface area contributed by atoms with Crippen LogP contribution >= 0.6 is 0 Å². The van der Waals surface area contributed by atoms with Crippen LogP contribution in [0.1, 0.15) is 45.1 Å². The molecule has 0 saturated heterocycles. The van der Waals surface area contributed by atoms with E-state index in [2.05, 4.69) is 32.9 Å². The molecule has 0 bridgehead atoms. The van der Waals surface area contributed by atoms with Gasteiger partial charge in [-0.15, -0.1) is 0 Å². The molecule has 1 aromatic carbocycles. The second-order valence-electron chi connectivity index (χ2n) is 3.36. The van der Waals surface area contributed by atoms with Gasteiger partial charge in [0.25, 0.3) is 0 Å². The minimum atomic E-state index is 0. The Kier molecular flexibility index (Phi) is 38.9. The fourth-order valence-corrected chi connectivity index (χ4v) is 1.03. The van der Waals surface area contributed by atoms with Crippen molar-refractivity contribution in [3.05, 3.63) is 35.9 Å². The van der Waals surface area contributed by atoms with Gasteiger partial charge in [-0.1, -0.05) is 75.4 Å². The molecule has 96 valence electrons. The van der Waals surface area contributed by atoms with Crippen LogP contribution in [0.2, 0.25) is 0 Å². The van der Waals surface area contributed by atoms with E-state index in [1.165, 1.54) is 31.2 Å². The molecule has 0 spiro atoms. The molecule has 17 heavy (non-hydrogen) atoms. The van der Waals surface area contributed by atoms with E-state index in [0.717, 1.165) is 7.11 Å². The number of unbranched alkanes of at least 4 members (excludes halogenated alkanes) is 3. The third kappa shape index (κ3) is 26.2. The summed E-state index contributed by atoms with van der Waals surface area (Å²) in [6.07, 6.45) is 5.54. The molecule has 1 aromatic rings. The van der Waals surface area contributed by atoms with Crippen LogP contribution in [0, 0.1) is 6.92 Å². The molecule has 0 unspecified atom stereocenters. The molecule has 0 aliphatic carbocycles. The predicted molar refractivity (Wildman–Crippen MR) is 69.1 cm³/mol. The standard InChI is InChI=1S/C7H8.C6H14.CH4O.ClH.Na/c1-7-5-3-2-4-6-7;1-3-5-6-4-2;1-2;;/h2-6H,1H3;3-6H2,1-2H3;2H,1H3;1H;/q;;;;+1/p-1. The van der Waals surface area contributed by atoms with Crippen molar-refractivity contribution in [1.29, 1.82) is 0 Å². The number of rotatable bonds is 3. The van der Waals surface area contributed by atoms with E-state index in [1.54, 1.807) is 0 Å². The van der Waals surface area contributed by atoms with Gasteiger partial charge in [-0.25, -0.2) is 0 Å². The van der Waals surface area contributed by atoms with Crippen molar-refractivity contribution in [2.45, 2.75) is 46.5 Å². The molecule has 1 nitrogen and oxygen atoms in total. The maximum Gasteiger partial charge on any atom is 1.00 e. The van der Waals surface area contributed by atoms with Crippen LogP contribution in [-0.4, -0.2) is 12.2 Å². The van der Waals surface area contributed by atoms with Crippen LogP contribution in [0.3, 0.4) is 0 Å². The van der Waals surface area contributed by atoms with Gasteiger partial charge in [0.05, 0.1) is 0 Å². The summed E-state index contributed by atoms with van der Waals surface area (Å²) in [5.41, 5.74) is 1.32. The van der Waals surface area contributed by atoms with Crippen LogP contribution < -0.4 is 42.0 Å². The zero-order valence-corrected chi connectivity index (χ0v) is 14.8. The average Bonchev–Trinajstić information content (AvgIpc) is 2.31. The van der Waals surface area contributed by atoms with Crippen LogP contribution in [0.25, 0.3) is 0 Å². The van der Waals surface area contributed by atoms with Gasteiger partial charge in [-0.2, -0.15) is 0 Å². The topological polar surface area (TPSA) is 20.2 Å². The summed E-state index contributed by atoms with van der Waals surface area (Å²) in [5.74, 6) is 0. The minimum absolute atomic E-state index is 0. The van der Waals surface area contributed by atoms with Crippen LogP contribution in [0.5, 0.6) is 0 Å². The monoisotopic (exact) mass is 268 g/mol. The Bertz CT molecular complexity index is 189. The van der Waals surface area contributed by atoms with Crippen molar-refractivity contribution in [2.75, 3.05) is 7.11 Å². The van der Waals surface area contributed by atoms with Gasteiger partial charge >= 0.3 is 29.6 Å². The quantitative estimate of drug-likeness (QED) is 0.507. The molecule has 1 N–H and O–H groups in total. The van der Waals surface area contributed by atoms with Gasteiger partial charge in [0.2, 0.25) is 0 Å². The van der Waals surface area contributed by atoms with Crippen molar-refractivity contribution >= 4 is 0 Å². The van der Waals surface area contributed by atoms with Crippen LogP contribution in [-0.2, 0) is 0 Å². The van der Waals surface area contributed by atoms with Gasteiger partial charge in [-0.05, 0) is 6.92 Å². The Morgan fingerprint density at radius 2 is 1.24 bits per heavy atom. The summed E-state index contributed by atoms with van der Waals surface area (Å²) in [6.45, 7) is 6.55. The molecule has 0 heterocycles. The molecule has 0 radical (unpaired) electrons. The van der Waals surface area contributed by atoms with E-state index < -0.39 is 0 Å². The van der Waals surface area contributed by atoms with Crippen LogP contribution in [0.15, 0.2) is 30.3 Å². The molecule has 1 rings (SSSR count). The van der Waals surface area contributed by atoms with E-state index in [9.17, 15) is 0 Å².